The second-order valence-corrected chi connectivity index (χ2v) is 25.7. The van der Waals surface area contributed by atoms with E-state index in [9.17, 15) is 14.7 Å². The monoisotopic (exact) mass is 1220 g/mol. The lowest BCUT2D eigenvalue weighted by Crippen LogP contribution is -2.28. The van der Waals surface area contributed by atoms with Gasteiger partial charge in [-0.25, -0.2) is 0 Å². The maximum absolute atomic E-state index is 12.4. The summed E-state index contributed by atoms with van der Waals surface area (Å²) < 4.78 is 10.8. The average Bonchev–Trinajstić information content (AvgIpc) is 3.56. The minimum Gasteiger partial charge on any atom is -0.462 e. The van der Waals surface area contributed by atoms with E-state index < -0.39 is 6.10 Å². The summed E-state index contributed by atoms with van der Waals surface area (Å²) in [6, 6.07) is 0. The molecule has 0 radical (unpaired) electrons. The highest BCUT2D eigenvalue weighted by atomic mass is 16.6. The van der Waals surface area contributed by atoms with Crippen LogP contribution < -0.4 is 0 Å². The van der Waals surface area contributed by atoms with Crippen molar-refractivity contribution in [3.8, 4) is 0 Å². The molecule has 5 heteroatoms. The van der Waals surface area contributed by atoms with Crippen LogP contribution in [0, 0.1) is 0 Å². The molecule has 88 heavy (non-hydrogen) atoms. The molecule has 0 heterocycles. The Morgan fingerprint density at radius 3 is 0.739 bits per heavy atom. The average molecular weight is 1220 g/mol. The molecule has 0 rings (SSSR count). The second kappa shape index (κ2) is 77.8. The van der Waals surface area contributed by atoms with Crippen LogP contribution in [-0.2, 0) is 19.1 Å². The first-order valence-electron chi connectivity index (χ1n) is 38.4. The number of esters is 2. The van der Waals surface area contributed by atoms with Crippen molar-refractivity contribution in [1.29, 1.82) is 0 Å². The van der Waals surface area contributed by atoms with Gasteiger partial charge in [0.2, 0.25) is 0 Å². The number of allylic oxidation sites excluding steroid dienone is 18. The fraction of sp³-hybridized carbons (Fsp3) is 0.759. The van der Waals surface area contributed by atoms with E-state index in [4.69, 9.17) is 9.47 Å². The zero-order chi connectivity index (χ0) is 63.3. The van der Waals surface area contributed by atoms with Gasteiger partial charge in [-0.05, 0) is 83.5 Å². The number of hydrogen-bond donors (Lipinski definition) is 1. The van der Waals surface area contributed by atoms with Crippen molar-refractivity contribution < 1.29 is 24.2 Å². The second-order valence-electron chi connectivity index (χ2n) is 25.7. The van der Waals surface area contributed by atoms with E-state index in [1.165, 1.54) is 244 Å². The number of rotatable bonds is 71. The first kappa shape index (κ1) is 84.6. The third-order valence-electron chi connectivity index (χ3n) is 17.1. The van der Waals surface area contributed by atoms with Gasteiger partial charge >= 0.3 is 11.9 Å². The van der Waals surface area contributed by atoms with Crippen molar-refractivity contribution in [1.82, 2.24) is 0 Å². The number of ether oxygens (including phenoxy) is 2. The molecular formula is C83H146O5. The molecule has 0 amide bonds. The lowest BCUT2D eigenvalue weighted by molar-refractivity contribution is -0.161. The van der Waals surface area contributed by atoms with Crippen LogP contribution in [0.3, 0.4) is 0 Å². The highest BCUT2D eigenvalue weighted by molar-refractivity contribution is 5.70. The molecule has 1 atom stereocenters. The van der Waals surface area contributed by atoms with Crippen molar-refractivity contribution in [3.05, 3.63) is 109 Å². The summed E-state index contributed by atoms with van der Waals surface area (Å²) in [5.74, 6) is -0.604. The number of aliphatic hydroxyl groups is 1. The summed E-state index contributed by atoms with van der Waals surface area (Å²) in [4.78, 5) is 24.7. The van der Waals surface area contributed by atoms with E-state index >= 15 is 0 Å². The zero-order valence-electron chi connectivity index (χ0n) is 58.5. The van der Waals surface area contributed by atoms with Crippen LogP contribution in [0.1, 0.15) is 386 Å². The van der Waals surface area contributed by atoms with Gasteiger partial charge in [0.15, 0.2) is 6.10 Å². The molecule has 0 aromatic carbocycles. The standard InChI is InChI=1S/C83H146O5/c1-3-5-7-9-11-13-15-17-19-21-23-25-27-29-31-33-35-37-38-39-40-41-42-43-44-46-47-49-51-53-55-57-59-61-63-65-67-69-71-73-75-77-82(85)87-80-81(79-84)88-83(86)78-76-74-72-70-68-66-64-62-60-58-56-54-52-50-48-45-36-34-32-30-28-26-24-22-20-18-16-14-12-10-8-6-4-2/h6,8,12,14,18,20,24,26,30,32,36,45,50,52,56,58,62,64,81,84H,3-5,7,9-11,13,15-17,19,21-23,25,27-29,31,33-35,37-44,46-49,51,53-55,57,59-61,63,65-80H2,1-2H3/b8-6-,14-12-,20-18-,26-24-,32-30-,45-36-,52-50-,58-56-,64-62-. The summed E-state index contributed by atoms with van der Waals surface area (Å²) in [5, 5.41) is 9.71. The van der Waals surface area contributed by atoms with Gasteiger partial charge in [-0.2, -0.15) is 0 Å². The first-order valence-corrected chi connectivity index (χ1v) is 38.4. The van der Waals surface area contributed by atoms with Gasteiger partial charge in [-0.3, -0.25) is 9.59 Å². The molecule has 0 saturated carbocycles. The van der Waals surface area contributed by atoms with E-state index in [0.29, 0.717) is 12.8 Å². The van der Waals surface area contributed by atoms with Gasteiger partial charge in [-0.15, -0.1) is 0 Å². The number of aliphatic hydroxyl groups excluding tert-OH is 1. The Labute approximate surface area is 548 Å². The number of unbranched alkanes of at least 4 members (excludes halogenated alkanes) is 45. The predicted molar refractivity (Wildman–Crippen MR) is 389 cm³/mol. The molecule has 0 aromatic rings. The Morgan fingerprint density at radius 1 is 0.273 bits per heavy atom. The Bertz CT molecular complexity index is 1670. The summed E-state index contributed by atoms with van der Waals surface area (Å²) in [7, 11) is 0. The van der Waals surface area contributed by atoms with Crippen molar-refractivity contribution >= 4 is 11.9 Å². The Hall–Kier alpha value is -3.44. The van der Waals surface area contributed by atoms with Crippen LogP contribution in [0.15, 0.2) is 109 Å². The van der Waals surface area contributed by atoms with Gasteiger partial charge < -0.3 is 14.6 Å². The van der Waals surface area contributed by atoms with E-state index in [-0.39, 0.29) is 25.2 Å². The zero-order valence-corrected chi connectivity index (χ0v) is 58.5. The summed E-state index contributed by atoms with van der Waals surface area (Å²) in [5.41, 5.74) is 0. The molecule has 1 N–H and O–H groups in total. The fourth-order valence-electron chi connectivity index (χ4n) is 11.4. The molecule has 0 aliphatic rings. The third-order valence-corrected chi connectivity index (χ3v) is 17.1. The highest BCUT2D eigenvalue weighted by Crippen LogP contribution is 2.19. The quantitative estimate of drug-likeness (QED) is 0.0373. The molecule has 0 spiro atoms. The van der Waals surface area contributed by atoms with Crippen LogP contribution in [0.2, 0.25) is 0 Å². The third kappa shape index (κ3) is 75.0. The fourth-order valence-corrected chi connectivity index (χ4v) is 11.4. The van der Waals surface area contributed by atoms with Crippen LogP contribution in [-0.4, -0.2) is 36.4 Å². The lowest BCUT2D eigenvalue weighted by Gasteiger charge is -2.15. The van der Waals surface area contributed by atoms with Gasteiger partial charge in [0.25, 0.3) is 0 Å². The van der Waals surface area contributed by atoms with Crippen molar-refractivity contribution in [2.24, 2.45) is 0 Å². The van der Waals surface area contributed by atoms with Gasteiger partial charge in [0.1, 0.15) is 6.61 Å². The summed E-state index contributed by atoms with van der Waals surface area (Å²) in [6.45, 7) is 4.05. The highest BCUT2D eigenvalue weighted by Gasteiger charge is 2.16. The largest absolute Gasteiger partial charge is 0.462 e. The van der Waals surface area contributed by atoms with Crippen LogP contribution in [0.4, 0.5) is 0 Å². The molecule has 0 saturated heterocycles. The maximum atomic E-state index is 12.4. The number of hydrogen-bond acceptors (Lipinski definition) is 5. The molecule has 1 unspecified atom stereocenters. The number of carbonyl (C=O) groups is 2. The van der Waals surface area contributed by atoms with Gasteiger partial charge in [-0.1, -0.05) is 399 Å². The molecule has 0 aromatic heterocycles. The lowest BCUT2D eigenvalue weighted by atomic mass is 10.0. The molecule has 0 fully saturated rings. The minimum atomic E-state index is -0.791. The maximum Gasteiger partial charge on any atom is 0.306 e. The normalized spacial score (nSPS) is 12.8. The smallest absolute Gasteiger partial charge is 0.306 e. The van der Waals surface area contributed by atoms with Gasteiger partial charge in [0, 0.05) is 12.8 Å². The molecule has 0 aliphatic heterocycles. The van der Waals surface area contributed by atoms with Crippen molar-refractivity contribution in [2.75, 3.05) is 13.2 Å². The summed E-state index contributed by atoms with van der Waals surface area (Å²) in [6.07, 6.45) is 113. The molecule has 5 nitrogen and oxygen atoms in total. The van der Waals surface area contributed by atoms with Gasteiger partial charge in [0.05, 0.1) is 6.61 Å². The van der Waals surface area contributed by atoms with E-state index in [1.54, 1.807) is 0 Å². The minimum absolute atomic E-state index is 0.0765. The Morgan fingerprint density at radius 2 is 0.489 bits per heavy atom. The van der Waals surface area contributed by atoms with Crippen LogP contribution in [0.5, 0.6) is 0 Å². The Balaban J connectivity index is 3.46. The summed E-state index contributed by atoms with van der Waals surface area (Å²) >= 11 is 0. The molecule has 0 bridgehead atoms. The van der Waals surface area contributed by atoms with E-state index in [0.717, 1.165) is 116 Å². The van der Waals surface area contributed by atoms with Crippen LogP contribution >= 0.6 is 0 Å². The predicted octanol–water partition coefficient (Wildman–Crippen LogP) is 27.1. The van der Waals surface area contributed by atoms with Crippen LogP contribution in [0.25, 0.3) is 0 Å². The first-order chi connectivity index (χ1) is 43.6. The molecular weight excluding hydrogens is 1080 g/mol. The van der Waals surface area contributed by atoms with E-state index in [2.05, 4.69) is 123 Å². The molecule has 0 aliphatic carbocycles. The van der Waals surface area contributed by atoms with Crippen molar-refractivity contribution in [3.63, 3.8) is 0 Å². The number of carbonyl (C=O) groups excluding carboxylic acids is 2. The Kier molecular flexibility index (Phi) is 74.8. The van der Waals surface area contributed by atoms with E-state index in [1.807, 2.05) is 0 Å². The van der Waals surface area contributed by atoms with Crippen molar-refractivity contribution in [2.45, 2.75) is 392 Å². The SMILES string of the molecule is CC/C=C\C/C=C\C/C=C\C/C=C\C/C=C\C/C=C\C/C=C\C/C=C\C/C=C\CCCCCCCC(=O)OC(CO)COC(=O)CCCCCCCCCCCCCCCCCCCCCCCCCCCCCCCCCCCCCCCCCCC. The molecule has 508 valence electrons. The topological polar surface area (TPSA) is 72.8 Å².